The van der Waals surface area contributed by atoms with Gasteiger partial charge in [0.25, 0.3) is 0 Å². The van der Waals surface area contributed by atoms with Gasteiger partial charge in [-0.2, -0.15) is 0 Å². The molecule has 123 heavy (non-hydrogen) atoms. The van der Waals surface area contributed by atoms with Gasteiger partial charge in [0.2, 0.25) is 0 Å². The highest BCUT2D eigenvalue weighted by Gasteiger charge is 2.27. The summed E-state index contributed by atoms with van der Waals surface area (Å²) in [5, 5.41) is -10.4. The second-order valence-corrected chi connectivity index (χ2v) is 27.7. The van der Waals surface area contributed by atoms with Crippen LogP contribution in [0.25, 0.3) is 262 Å². The summed E-state index contributed by atoms with van der Waals surface area (Å²) in [6, 6.07) is -35.3. The van der Waals surface area contributed by atoms with Crippen molar-refractivity contribution in [1.82, 2.24) is 0 Å². The van der Waals surface area contributed by atoms with Crippen molar-refractivity contribution in [3.63, 3.8) is 0 Å². The Kier molecular flexibility index (Phi) is 7.31. The van der Waals surface area contributed by atoms with Gasteiger partial charge in [-0.1, -0.05) is 387 Å². The van der Waals surface area contributed by atoms with Gasteiger partial charge >= 0.3 is 0 Å². The first-order chi connectivity index (χ1) is 87.3. The van der Waals surface area contributed by atoms with Crippen molar-refractivity contribution in [2.75, 3.05) is 0 Å². The molecule has 0 saturated heterocycles. The fraction of sp³-hybridized carbons (Fsp3) is 0. The first-order valence-electron chi connectivity index (χ1n) is 68.7. The molecule has 570 valence electrons. The molecule has 27 aromatic rings. The molecule has 3 nitrogen and oxygen atoms in total. The van der Waals surface area contributed by atoms with Crippen LogP contribution in [0.3, 0.4) is 0 Å². The maximum atomic E-state index is 9.52. The van der Waals surface area contributed by atoms with Gasteiger partial charge in [0.05, 0.1) is 86.4 Å². The van der Waals surface area contributed by atoms with E-state index in [1.807, 2.05) is 30.3 Å². The molecule has 0 atom stereocenters. The van der Waals surface area contributed by atoms with Gasteiger partial charge in [0.1, 0.15) is 33.5 Å². The van der Waals surface area contributed by atoms with Crippen molar-refractivity contribution in [3.8, 4) is 66.8 Å². The van der Waals surface area contributed by atoms with Gasteiger partial charge in [-0.15, -0.1) is 0 Å². The van der Waals surface area contributed by atoms with Crippen LogP contribution in [0.4, 0.5) is 0 Å². The molecule has 0 bridgehead atoms. The summed E-state index contributed by atoms with van der Waals surface area (Å²) in [4.78, 5) is 0. The Balaban J connectivity index is 0.000000137. The Labute approximate surface area is 795 Å². The van der Waals surface area contributed by atoms with Gasteiger partial charge < -0.3 is 13.3 Å². The Morgan fingerprint density at radius 2 is 0.447 bits per heavy atom. The van der Waals surface area contributed by atoms with Crippen molar-refractivity contribution in [2.45, 2.75) is 0 Å². The largest absolute Gasteiger partial charge is 0.456 e. The van der Waals surface area contributed by atoms with E-state index in [1.165, 1.54) is 0 Å². The zero-order valence-electron chi connectivity index (χ0n) is 125. The monoisotopic (exact) mass is 1620 g/mol. The molecule has 0 saturated carbocycles. The van der Waals surface area contributed by atoms with Gasteiger partial charge in [-0.25, -0.2) is 0 Å². The second-order valence-electron chi connectivity index (χ2n) is 27.7. The zero-order valence-corrected chi connectivity index (χ0v) is 61.9. The Morgan fingerprint density at radius 1 is 0.146 bits per heavy atom. The van der Waals surface area contributed by atoms with Crippen LogP contribution in [0.5, 0.6) is 0 Å². The third kappa shape index (κ3) is 11.1. The maximum Gasteiger partial charge on any atom is 0.136 e. The lowest BCUT2D eigenvalue weighted by Gasteiger charge is -2.19. The standard InChI is InChI=1S/3C40H24O/c1-3-14-27-25(11-1)13-9-20-29(27)37-30-16-5-7-18-32(30)38(33-19-8-6-17-31(33)37)34-21-10-22-35-40(34)39-28-15-4-2-12-26(28)23-24-36(39)41-35;2*1-2-12-27-24-28(21-20-25(27)10-1)37-30-14-5-7-16-32(30)38(33-17-8-6-15-31(33)37)34-18-9-19-35-40(34)39-29-13-4-3-11-26(29)22-23-36(39)41-35/h3*1-24H/i2*1D,2D,3D,4D,5D,6D,7D,8D,9D,10D,11D,12D,13D,14D,15D,16D,17D,18D,19D,20D,21D,22D,23D,24D;1D,2D,5D,6D,7D,8D,10D,12D,14D,15D,16D,17D,20D,21D,24D. The topological polar surface area (TPSA) is 39.4 Å². The molecule has 0 unspecified atom stereocenters. The average molecular weight is 1630 g/mol. The highest BCUT2D eigenvalue weighted by atomic mass is 16.3. The summed E-state index contributed by atoms with van der Waals surface area (Å²) in [5.41, 5.74) is -7.25. The van der Waals surface area contributed by atoms with Crippen molar-refractivity contribution in [2.24, 2.45) is 0 Å². The molecule has 0 spiro atoms. The quantitative estimate of drug-likeness (QED) is 0.156. The van der Waals surface area contributed by atoms with E-state index in [9.17, 15) is 26.0 Å². The molecule has 3 heteroatoms. The first kappa shape index (κ1) is 31.8. The lowest BCUT2D eigenvalue weighted by Crippen LogP contribution is -1.92. The lowest BCUT2D eigenvalue weighted by atomic mass is 9.84. The summed E-state index contributed by atoms with van der Waals surface area (Å²) in [5.74, 6) is 0. The maximum absolute atomic E-state index is 9.52. The zero-order chi connectivity index (χ0) is 136. The van der Waals surface area contributed by atoms with Crippen LogP contribution in [0.15, 0.2) is 449 Å². The van der Waals surface area contributed by atoms with E-state index in [0.717, 1.165) is 10.8 Å². The highest BCUT2D eigenvalue weighted by molar-refractivity contribution is 6.33. The van der Waals surface area contributed by atoms with Gasteiger partial charge in [-0.3, -0.25) is 0 Å². The second kappa shape index (κ2) is 28.3. The summed E-state index contributed by atoms with van der Waals surface area (Å²) in [7, 11) is 0. The predicted molar refractivity (Wildman–Crippen MR) is 524 cm³/mol. The minimum absolute atomic E-state index is 0.0193. The number of rotatable bonds is 6. The summed E-state index contributed by atoms with van der Waals surface area (Å²) in [6.45, 7) is 0. The molecule has 24 aromatic carbocycles. The Morgan fingerprint density at radius 3 is 0.902 bits per heavy atom. The fourth-order valence-corrected chi connectivity index (χ4v) is 16.4. The highest BCUT2D eigenvalue weighted by Crippen LogP contribution is 2.54. The Hall–Kier alpha value is -16.2. The molecule has 0 aliphatic rings. The third-order valence-corrected chi connectivity index (χ3v) is 21.4. The molecule has 0 fully saturated rings. The van der Waals surface area contributed by atoms with E-state index in [-0.39, 0.29) is 32.7 Å². The van der Waals surface area contributed by atoms with Crippen LogP contribution in [0, 0.1) is 0 Å². The van der Waals surface area contributed by atoms with E-state index in [4.69, 9.17) is 73.6 Å². The van der Waals surface area contributed by atoms with Crippen LogP contribution in [0.2, 0.25) is 0 Å². The Bertz CT molecular complexity index is 12900. The lowest BCUT2D eigenvalue weighted by molar-refractivity contribution is 0.669. The minimum atomic E-state index is -0.953. The number of hydrogen-bond acceptors (Lipinski definition) is 3. The molecule has 0 aliphatic carbocycles. The molecule has 0 N–H and O–H groups in total. The molecule has 0 aliphatic heterocycles. The first-order valence-corrected chi connectivity index (χ1v) is 37.2. The van der Waals surface area contributed by atoms with Crippen LogP contribution in [0.1, 0.15) is 86.4 Å². The van der Waals surface area contributed by atoms with Crippen LogP contribution >= 0.6 is 0 Å². The van der Waals surface area contributed by atoms with Crippen molar-refractivity contribution in [1.29, 1.82) is 0 Å². The van der Waals surface area contributed by atoms with Gasteiger partial charge in [-0.05, 0) is 244 Å². The average Bonchev–Trinajstić information content (AvgIpc) is 0.887. The number of hydrogen-bond donors (Lipinski definition) is 0. The van der Waals surface area contributed by atoms with Crippen LogP contribution < -0.4 is 0 Å². The summed E-state index contributed by atoms with van der Waals surface area (Å²) >= 11 is 0. The van der Waals surface area contributed by atoms with Gasteiger partial charge in [0.15, 0.2) is 0 Å². The number of benzene rings is 24. The van der Waals surface area contributed by atoms with Gasteiger partial charge in [0, 0.05) is 32.3 Å². The molecule has 27 rings (SSSR count). The molecular weight excluding hydrogens is 1490 g/mol. The molecule has 3 heterocycles. The predicted octanol–water partition coefficient (Wildman–Crippen LogP) is 34.6. The molecule has 0 amide bonds. The van der Waals surface area contributed by atoms with Crippen molar-refractivity contribution >= 4 is 195 Å². The van der Waals surface area contributed by atoms with Crippen molar-refractivity contribution < 1.29 is 99.6 Å². The SMILES string of the molecule is [2H]c1c([2H])c(-c2c3c([2H])c([2H])c([2H])c([2H])c3c(-c3c([2H])c([2H])c([2H])c4c([2H])c([2H])c([2H])c([2H])c34)c3c([2H])c([2H])c([2H])c([2H])c23)c2c(oc3c([2H])c([2H])c4c([2H])c([2H])c([2H])c([2H])c4c32)c1[2H].[2H]c1c([2H])c(-c2c3c([2H])c([2H])c([2H])c([2H])c3c(-c3c([2H])c([2H])c4c([2H])c([2H])c([2H])c([2H])c4c3[2H])c3c([2H])c([2H])c([2H])c([2H])c23)c2c(oc3c([2H])c([2H])c4c([2H])c([2H])c([2H])c([2H])c4c32)c1[2H].[2H]c1c([2H])c([2H])c2c([2H])c(-c3c4c([2H])c([2H])c([2H])c([2H])c4c(-c4cccc5oc6ccc7ccccc7c6c45)c4c([2H])c([2H])c([2H])c([2H])c34)c([2H])c([2H])c2c1[2H]. The van der Waals surface area contributed by atoms with E-state index >= 15 is 0 Å². The smallest absolute Gasteiger partial charge is 0.136 e. The summed E-state index contributed by atoms with van der Waals surface area (Å²) in [6.07, 6.45) is 0. The van der Waals surface area contributed by atoms with E-state index in [0.29, 0.717) is 27.5 Å². The van der Waals surface area contributed by atoms with Crippen molar-refractivity contribution in [3.05, 3.63) is 435 Å². The number of furan rings is 3. The van der Waals surface area contributed by atoms with E-state index in [2.05, 4.69) is 0 Å². The minimum Gasteiger partial charge on any atom is -0.456 e. The molecule has 3 aromatic heterocycles. The normalized spacial score (nSPS) is 19.1. The van der Waals surface area contributed by atoms with E-state index in [1.54, 1.807) is 24.3 Å². The van der Waals surface area contributed by atoms with Crippen LogP contribution in [-0.4, -0.2) is 0 Å². The molecular formula is C120H72O3. The third-order valence-electron chi connectivity index (χ3n) is 21.4. The van der Waals surface area contributed by atoms with Crippen LogP contribution in [-0.2, 0) is 0 Å². The fourth-order valence-electron chi connectivity index (χ4n) is 16.4. The molecule has 0 radical (unpaired) electrons. The van der Waals surface area contributed by atoms with E-state index < -0.39 is 572 Å². The number of fused-ring (bicyclic) bond motifs is 24. The summed E-state index contributed by atoms with van der Waals surface area (Å²) < 4.78 is 581.